The van der Waals surface area contributed by atoms with Gasteiger partial charge in [0.2, 0.25) is 0 Å². The molecular weight excluding hydrogens is 234 g/mol. The lowest BCUT2D eigenvalue weighted by molar-refractivity contribution is -0.139. The number of hydrazone groups is 1. The fourth-order valence-electron chi connectivity index (χ4n) is 1.10. The Morgan fingerprint density at radius 3 is 2.67 bits per heavy atom. The van der Waals surface area contributed by atoms with Crippen molar-refractivity contribution in [3.8, 4) is 0 Å². The van der Waals surface area contributed by atoms with Gasteiger partial charge >= 0.3 is 11.8 Å². The van der Waals surface area contributed by atoms with Gasteiger partial charge in [-0.1, -0.05) is 30.3 Å². The Balaban J connectivity index is 2.32. The molecule has 0 spiro atoms. The summed E-state index contributed by atoms with van der Waals surface area (Å²) in [4.78, 5) is 22.5. The number of amides is 2. The predicted octanol–water partition coefficient (Wildman–Crippen LogP) is -0.101. The van der Waals surface area contributed by atoms with Crippen LogP contribution in [0.15, 0.2) is 35.4 Å². The van der Waals surface area contributed by atoms with Gasteiger partial charge in [0.25, 0.3) is 0 Å². The van der Waals surface area contributed by atoms with E-state index in [2.05, 4.69) is 15.8 Å². The first kappa shape index (κ1) is 13.9. The number of carbonyl (C=O) groups excluding carboxylic acids is 2. The van der Waals surface area contributed by atoms with Gasteiger partial charge in [-0.2, -0.15) is 5.10 Å². The third kappa shape index (κ3) is 5.22. The van der Waals surface area contributed by atoms with Crippen molar-refractivity contribution < 1.29 is 14.3 Å². The van der Waals surface area contributed by atoms with Crippen LogP contribution in [0.5, 0.6) is 0 Å². The van der Waals surface area contributed by atoms with Gasteiger partial charge in [-0.05, 0) is 5.56 Å². The normalized spacial score (nSPS) is 10.3. The molecule has 0 heterocycles. The van der Waals surface area contributed by atoms with Crippen LogP contribution in [0.3, 0.4) is 0 Å². The molecule has 0 radical (unpaired) electrons. The minimum absolute atomic E-state index is 0.283. The summed E-state index contributed by atoms with van der Waals surface area (Å²) in [6.07, 6.45) is 1.46. The number of methoxy groups -OCH3 is 1. The first-order valence-electron chi connectivity index (χ1n) is 5.39. The van der Waals surface area contributed by atoms with E-state index in [9.17, 15) is 9.59 Å². The third-order valence-corrected chi connectivity index (χ3v) is 1.98. The van der Waals surface area contributed by atoms with Crippen LogP contribution in [0, 0.1) is 0 Å². The van der Waals surface area contributed by atoms with E-state index in [-0.39, 0.29) is 6.54 Å². The molecule has 0 bridgehead atoms. The highest BCUT2D eigenvalue weighted by atomic mass is 16.5. The van der Waals surface area contributed by atoms with Crippen LogP contribution >= 0.6 is 0 Å². The first-order valence-corrected chi connectivity index (χ1v) is 5.39. The molecule has 2 N–H and O–H groups in total. The molecule has 0 unspecified atom stereocenters. The molecule has 0 saturated heterocycles. The van der Waals surface area contributed by atoms with Crippen molar-refractivity contribution in [3.05, 3.63) is 35.9 Å². The lowest BCUT2D eigenvalue weighted by Crippen LogP contribution is -2.39. The van der Waals surface area contributed by atoms with E-state index >= 15 is 0 Å². The van der Waals surface area contributed by atoms with Crippen LogP contribution in [0.2, 0.25) is 0 Å². The molecule has 6 heteroatoms. The lowest BCUT2D eigenvalue weighted by atomic mass is 10.2. The molecule has 0 fully saturated rings. The summed E-state index contributed by atoms with van der Waals surface area (Å²) in [6.45, 7) is 0.636. The van der Waals surface area contributed by atoms with Gasteiger partial charge in [-0.15, -0.1) is 0 Å². The minimum atomic E-state index is -0.807. The average molecular weight is 249 g/mol. The monoisotopic (exact) mass is 249 g/mol. The summed E-state index contributed by atoms with van der Waals surface area (Å²) in [5.41, 5.74) is 2.97. The molecule has 0 aliphatic heterocycles. The molecular formula is C12H15N3O3. The third-order valence-electron chi connectivity index (χ3n) is 1.98. The Morgan fingerprint density at radius 2 is 2.00 bits per heavy atom. The Kier molecular flexibility index (Phi) is 6.13. The van der Waals surface area contributed by atoms with E-state index in [1.54, 1.807) is 0 Å². The second kappa shape index (κ2) is 7.97. The summed E-state index contributed by atoms with van der Waals surface area (Å²) in [7, 11) is 1.51. The van der Waals surface area contributed by atoms with Crippen LogP contribution in [-0.4, -0.2) is 38.3 Å². The molecule has 0 aliphatic carbocycles. The Morgan fingerprint density at radius 1 is 1.28 bits per heavy atom. The van der Waals surface area contributed by atoms with Crippen LogP contribution in [-0.2, 0) is 14.3 Å². The molecule has 1 aromatic rings. The number of hydrogen-bond donors (Lipinski definition) is 2. The Bertz CT molecular complexity index is 418. The highest BCUT2D eigenvalue weighted by molar-refractivity contribution is 6.35. The molecule has 0 atom stereocenters. The molecule has 2 amide bonds. The Hall–Kier alpha value is -2.21. The fraction of sp³-hybridized carbons (Fsp3) is 0.250. The minimum Gasteiger partial charge on any atom is -0.383 e. The van der Waals surface area contributed by atoms with E-state index in [0.29, 0.717) is 6.61 Å². The van der Waals surface area contributed by atoms with Crippen LogP contribution < -0.4 is 10.7 Å². The van der Waals surface area contributed by atoms with E-state index in [0.717, 1.165) is 5.56 Å². The number of ether oxygens (including phenoxy) is 1. The summed E-state index contributed by atoms with van der Waals surface area (Å²) >= 11 is 0. The number of hydrogen-bond acceptors (Lipinski definition) is 4. The maximum Gasteiger partial charge on any atom is 0.329 e. The SMILES string of the molecule is COCCNC(=O)C(=O)NN=Cc1ccccc1. The number of benzene rings is 1. The standard InChI is InChI=1S/C12H15N3O3/c1-18-8-7-13-11(16)12(17)15-14-9-10-5-3-2-4-6-10/h2-6,9H,7-8H2,1H3,(H,13,16)(H,15,17). The zero-order valence-corrected chi connectivity index (χ0v) is 10.1. The second-order valence-electron chi connectivity index (χ2n) is 3.36. The molecule has 6 nitrogen and oxygen atoms in total. The molecule has 0 saturated carbocycles. The number of nitrogens with one attached hydrogen (secondary N) is 2. The van der Waals surface area contributed by atoms with Crippen molar-refractivity contribution in [1.82, 2.24) is 10.7 Å². The zero-order valence-electron chi connectivity index (χ0n) is 10.1. The maximum atomic E-state index is 11.2. The number of nitrogens with zero attached hydrogens (tertiary/aromatic N) is 1. The molecule has 18 heavy (non-hydrogen) atoms. The number of carbonyl (C=O) groups is 2. The predicted molar refractivity (Wildman–Crippen MR) is 67.1 cm³/mol. The molecule has 0 aromatic heterocycles. The topological polar surface area (TPSA) is 79.8 Å². The first-order chi connectivity index (χ1) is 8.74. The van der Waals surface area contributed by atoms with E-state index < -0.39 is 11.8 Å². The van der Waals surface area contributed by atoms with Crippen molar-refractivity contribution in [2.45, 2.75) is 0 Å². The van der Waals surface area contributed by atoms with Crippen molar-refractivity contribution in [1.29, 1.82) is 0 Å². The number of rotatable bonds is 5. The quantitative estimate of drug-likeness (QED) is 0.331. The van der Waals surface area contributed by atoms with Crippen molar-refractivity contribution in [2.24, 2.45) is 5.10 Å². The van der Waals surface area contributed by atoms with Gasteiger partial charge in [0.05, 0.1) is 12.8 Å². The van der Waals surface area contributed by atoms with Gasteiger partial charge in [-0.3, -0.25) is 9.59 Å². The largest absolute Gasteiger partial charge is 0.383 e. The summed E-state index contributed by atoms with van der Waals surface area (Å²) < 4.78 is 4.73. The fourth-order valence-corrected chi connectivity index (χ4v) is 1.10. The van der Waals surface area contributed by atoms with E-state index in [1.165, 1.54) is 13.3 Å². The summed E-state index contributed by atoms with van der Waals surface area (Å²) in [5, 5.41) is 6.06. The van der Waals surface area contributed by atoms with Gasteiger partial charge in [0.15, 0.2) is 0 Å². The van der Waals surface area contributed by atoms with Gasteiger partial charge in [0, 0.05) is 13.7 Å². The molecule has 96 valence electrons. The average Bonchev–Trinajstić information content (AvgIpc) is 2.40. The van der Waals surface area contributed by atoms with Crippen LogP contribution in [0.25, 0.3) is 0 Å². The second-order valence-corrected chi connectivity index (χ2v) is 3.36. The Labute approximate surface area is 105 Å². The maximum absolute atomic E-state index is 11.2. The summed E-state index contributed by atoms with van der Waals surface area (Å²) in [5.74, 6) is -1.55. The van der Waals surface area contributed by atoms with Gasteiger partial charge < -0.3 is 10.1 Å². The van der Waals surface area contributed by atoms with Gasteiger partial charge in [0.1, 0.15) is 0 Å². The van der Waals surface area contributed by atoms with Gasteiger partial charge in [-0.25, -0.2) is 5.43 Å². The van der Waals surface area contributed by atoms with E-state index in [1.807, 2.05) is 30.3 Å². The molecule has 0 aliphatic rings. The highest BCUT2D eigenvalue weighted by Gasteiger charge is 2.10. The summed E-state index contributed by atoms with van der Waals surface area (Å²) in [6, 6.07) is 9.23. The van der Waals surface area contributed by atoms with Crippen molar-refractivity contribution in [2.75, 3.05) is 20.3 Å². The highest BCUT2D eigenvalue weighted by Crippen LogP contribution is 1.92. The van der Waals surface area contributed by atoms with E-state index in [4.69, 9.17) is 4.74 Å². The lowest BCUT2D eigenvalue weighted by Gasteiger charge is -2.02. The molecule has 1 rings (SSSR count). The van der Waals surface area contributed by atoms with Crippen LogP contribution in [0.4, 0.5) is 0 Å². The van der Waals surface area contributed by atoms with Crippen LogP contribution in [0.1, 0.15) is 5.56 Å². The smallest absolute Gasteiger partial charge is 0.329 e. The van der Waals surface area contributed by atoms with Crippen molar-refractivity contribution >= 4 is 18.0 Å². The zero-order chi connectivity index (χ0) is 13.2. The molecule has 1 aromatic carbocycles. The van der Waals surface area contributed by atoms with Crippen molar-refractivity contribution in [3.63, 3.8) is 0 Å².